The molecule has 3 heterocycles. The molecule has 7 heteroatoms. The Morgan fingerprint density at radius 1 is 1.40 bits per heavy atom. The maximum Gasteiger partial charge on any atom is 0.276 e. The number of hydrogen-bond donors (Lipinski definition) is 1. The van der Waals surface area contributed by atoms with Crippen molar-refractivity contribution in [1.29, 1.82) is 0 Å². The fraction of sp³-hybridized carbons (Fsp3) is 0.615. The van der Waals surface area contributed by atoms with Crippen molar-refractivity contribution in [3.8, 4) is 12.3 Å². The summed E-state index contributed by atoms with van der Waals surface area (Å²) in [6.45, 7) is 5.44. The highest BCUT2D eigenvalue weighted by molar-refractivity contribution is 5.92. The largest absolute Gasteiger partial charge is 0.335 e. The first kappa shape index (κ1) is 13.1. The molecule has 2 saturated heterocycles. The third kappa shape index (κ3) is 2.53. The van der Waals surface area contributed by atoms with Crippen molar-refractivity contribution >= 4 is 5.91 Å². The predicted octanol–water partition coefficient (Wildman–Crippen LogP) is -1.19. The Kier molecular flexibility index (Phi) is 3.67. The second kappa shape index (κ2) is 5.61. The van der Waals surface area contributed by atoms with Crippen LogP contribution >= 0.6 is 0 Å². The van der Waals surface area contributed by atoms with Gasteiger partial charge < -0.3 is 10.2 Å². The maximum absolute atomic E-state index is 12.3. The molecule has 1 aromatic heterocycles. The third-order valence-corrected chi connectivity index (χ3v) is 3.84. The molecule has 1 amide bonds. The van der Waals surface area contributed by atoms with E-state index >= 15 is 0 Å². The average Bonchev–Trinajstić information content (AvgIpc) is 2.86. The maximum atomic E-state index is 12.3. The molecule has 0 saturated carbocycles. The lowest BCUT2D eigenvalue weighted by Gasteiger charge is -2.33. The van der Waals surface area contributed by atoms with Gasteiger partial charge in [0.1, 0.15) is 0 Å². The van der Waals surface area contributed by atoms with E-state index in [-0.39, 0.29) is 5.91 Å². The van der Waals surface area contributed by atoms with Crippen LogP contribution in [0, 0.1) is 12.3 Å². The zero-order chi connectivity index (χ0) is 13.9. The van der Waals surface area contributed by atoms with E-state index in [0.717, 1.165) is 26.2 Å². The van der Waals surface area contributed by atoms with Gasteiger partial charge in [0.15, 0.2) is 5.69 Å². The molecule has 0 aliphatic carbocycles. The summed E-state index contributed by atoms with van der Waals surface area (Å²) in [5, 5.41) is 11.2. The smallest absolute Gasteiger partial charge is 0.276 e. The number of amides is 1. The molecular weight excluding hydrogens is 256 g/mol. The van der Waals surface area contributed by atoms with Crippen molar-refractivity contribution in [2.24, 2.45) is 0 Å². The first-order chi connectivity index (χ1) is 9.78. The van der Waals surface area contributed by atoms with Gasteiger partial charge in [0.25, 0.3) is 5.91 Å². The van der Waals surface area contributed by atoms with Crippen LogP contribution in [0.4, 0.5) is 0 Å². The topological polar surface area (TPSA) is 66.3 Å². The van der Waals surface area contributed by atoms with E-state index < -0.39 is 0 Å². The van der Waals surface area contributed by atoms with Crippen molar-refractivity contribution in [3.63, 3.8) is 0 Å². The molecule has 2 aliphatic heterocycles. The number of carbonyl (C=O) groups is 1. The Bertz CT molecular complexity index is 521. The van der Waals surface area contributed by atoms with Crippen molar-refractivity contribution < 1.29 is 4.79 Å². The van der Waals surface area contributed by atoms with Crippen molar-refractivity contribution in [2.75, 3.05) is 45.8 Å². The van der Waals surface area contributed by atoms with Crippen LogP contribution in [0.2, 0.25) is 0 Å². The van der Waals surface area contributed by atoms with Crippen LogP contribution in [-0.2, 0) is 0 Å². The highest BCUT2D eigenvalue weighted by atomic mass is 16.2. The summed E-state index contributed by atoms with van der Waals surface area (Å²) in [7, 11) is 0. The first-order valence-electron chi connectivity index (χ1n) is 6.85. The lowest BCUT2D eigenvalue weighted by atomic mass is 10.2. The quantitative estimate of drug-likeness (QED) is 0.702. The molecule has 1 aromatic rings. The van der Waals surface area contributed by atoms with Gasteiger partial charge in [0.2, 0.25) is 0 Å². The van der Waals surface area contributed by atoms with Gasteiger partial charge in [-0.05, 0) is 0 Å². The van der Waals surface area contributed by atoms with Crippen LogP contribution in [0.5, 0.6) is 0 Å². The second-order valence-electron chi connectivity index (χ2n) is 5.17. The fourth-order valence-electron chi connectivity index (χ4n) is 2.41. The van der Waals surface area contributed by atoms with Gasteiger partial charge >= 0.3 is 0 Å². The molecular formula is C13H18N6O. The first-order valence-corrected chi connectivity index (χ1v) is 6.85. The third-order valence-electron chi connectivity index (χ3n) is 3.84. The number of terminal acetylenes is 1. The van der Waals surface area contributed by atoms with Gasteiger partial charge in [0.05, 0.1) is 18.8 Å². The van der Waals surface area contributed by atoms with Gasteiger partial charge in [-0.2, -0.15) is 0 Å². The Morgan fingerprint density at radius 2 is 2.15 bits per heavy atom. The lowest BCUT2D eigenvalue weighted by Crippen LogP contribution is -2.48. The number of hydrogen-bond acceptors (Lipinski definition) is 5. The van der Waals surface area contributed by atoms with Crippen LogP contribution in [0.3, 0.4) is 0 Å². The van der Waals surface area contributed by atoms with Crippen LogP contribution in [-0.4, -0.2) is 76.5 Å². The van der Waals surface area contributed by atoms with Crippen molar-refractivity contribution in [3.05, 3.63) is 11.9 Å². The van der Waals surface area contributed by atoms with Crippen LogP contribution < -0.4 is 5.32 Å². The lowest BCUT2D eigenvalue weighted by molar-refractivity contribution is 0.0646. The molecule has 1 N–H and O–H groups in total. The van der Waals surface area contributed by atoms with E-state index in [9.17, 15) is 4.79 Å². The van der Waals surface area contributed by atoms with E-state index in [0.29, 0.717) is 31.4 Å². The standard InChI is InChI=1S/C13H18N6O/c1-2-3-17-4-6-18(7-5-17)13(20)12-10-19(16-15-12)11-8-14-9-11/h1,10-11,14H,3-9H2. The summed E-state index contributed by atoms with van der Waals surface area (Å²) in [5.41, 5.74) is 0.433. The molecule has 0 spiro atoms. The fourth-order valence-corrected chi connectivity index (χ4v) is 2.41. The van der Waals surface area contributed by atoms with Crippen LogP contribution in [0.15, 0.2) is 6.20 Å². The van der Waals surface area contributed by atoms with Crippen LogP contribution in [0.25, 0.3) is 0 Å². The number of nitrogens with zero attached hydrogens (tertiary/aromatic N) is 5. The van der Waals surface area contributed by atoms with E-state index in [1.807, 2.05) is 4.90 Å². The summed E-state index contributed by atoms with van der Waals surface area (Å²) in [6, 6.07) is 0.330. The second-order valence-corrected chi connectivity index (χ2v) is 5.17. The Morgan fingerprint density at radius 3 is 2.75 bits per heavy atom. The summed E-state index contributed by atoms with van der Waals surface area (Å²) in [4.78, 5) is 16.3. The molecule has 0 bridgehead atoms. The minimum Gasteiger partial charge on any atom is -0.335 e. The minimum absolute atomic E-state index is 0.0381. The predicted molar refractivity (Wildman–Crippen MR) is 73.1 cm³/mol. The van der Waals surface area contributed by atoms with Gasteiger partial charge in [-0.25, -0.2) is 4.68 Å². The monoisotopic (exact) mass is 274 g/mol. The molecule has 0 unspecified atom stereocenters. The molecule has 20 heavy (non-hydrogen) atoms. The minimum atomic E-state index is -0.0381. The molecule has 0 radical (unpaired) electrons. The zero-order valence-electron chi connectivity index (χ0n) is 11.3. The van der Waals surface area contributed by atoms with E-state index in [1.54, 1.807) is 10.9 Å². The Labute approximate surface area is 117 Å². The number of carbonyl (C=O) groups excluding carboxylic acids is 1. The molecule has 2 aliphatic rings. The van der Waals surface area contributed by atoms with Gasteiger partial charge in [-0.1, -0.05) is 11.1 Å². The molecule has 2 fully saturated rings. The SMILES string of the molecule is C#CCN1CCN(C(=O)c2cn(C3CNC3)nn2)CC1. The normalized spacial score (nSPS) is 20.4. The van der Waals surface area contributed by atoms with Gasteiger partial charge in [-0.3, -0.25) is 9.69 Å². The van der Waals surface area contributed by atoms with Crippen molar-refractivity contribution in [2.45, 2.75) is 6.04 Å². The van der Waals surface area contributed by atoms with E-state index in [1.165, 1.54) is 0 Å². The highest BCUT2D eigenvalue weighted by Crippen LogP contribution is 2.12. The highest BCUT2D eigenvalue weighted by Gasteiger charge is 2.26. The van der Waals surface area contributed by atoms with Crippen molar-refractivity contribution in [1.82, 2.24) is 30.1 Å². The summed E-state index contributed by atoms with van der Waals surface area (Å²) in [5.74, 6) is 2.59. The number of rotatable bonds is 3. The van der Waals surface area contributed by atoms with E-state index in [4.69, 9.17) is 6.42 Å². The molecule has 0 aromatic carbocycles. The molecule has 7 nitrogen and oxygen atoms in total. The Balaban J connectivity index is 1.59. The summed E-state index contributed by atoms with van der Waals surface area (Å²) < 4.78 is 1.78. The van der Waals surface area contributed by atoms with Gasteiger partial charge in [-0.15, -0.1) is 11.5 Å². The number of piperazine rings is 1. The van der Waals surface area contributed by atoms with E-state index in [2.05, 4.69) is 26.4 Å². The summed E-state index contributed by atoms with van der Waals surface area (Å²) in [6.07, 6.45) is 7.05. The molecule has 3 rings (SSSR count). The Hall–Kier alpha value is -1.91. The average molecular weight is 274 g/mol. The molecule has 0 atom stereocenters. The zero-order valence-corrected chi connectivity index (χ0v) is 11.3. The van der Waals surface area contributed by atoms with Crippen LogP contribution in [0.1, 0.15) is 16.5 Å². The number of aromatic nitrogens is 3. The number of nitrogens with one attached hydrogen (secondary N) is 1. The van der Waals surface area contributed by atoms with Gasteiger partial charge in [0, 0.05) is 39.3 Å². The summed E-state index contributed by atoms with van der Waals surface area (Å²) >= 11 is 0. The molecule has 106 valence electrons.